The largest absolute Gasteiger partial charge is 0.481 e. The Morgan fingerprint density at radius 1 is 1.03 bits per heavy atom. The van der Waals surface area contributed by atoms with E-state index in [0.717, 1.165) is 5.56 Å². The molecular weight excluding hydrogens is 412 g/mol. The lowest BCUT2D eigenvalue weighted by Gasteiger charge is -2.19. The number of nitro benzene ring substituents is 1. The average Bonchev–Trinajstić information content (AvgIpc) is 3.38. The number of nitro groups is 1. The van der Waals surface area contributed by atoms with Crippen LogP contribution in [0.3, 0.4) is 0 Å². The summed E-state index contributed by atoms with van der Waals surface area (Å²) in [5, 5.41) is 19.9. The highest BCUT2D eigenvalue weighted by Crippen LogP contribution is 2.32. The molecule has 8 nitrogen and oxygen atoms in total. The number of amides is 1. The van der Waals surface area contributed by atoms with Crippen LogP contribution in [0.25, 0.3) is 23.1 Å². The van der Waals surface area contributed by atoms with Gasteiger partial charge in [-0.15, -0.1) is 0 Å². The molecule has 4 rings (SSSR count). The number of furan rings is 1. The SMILES string of the molecule is O=C(O)CCN1C(=O)C(=Cc2ccc(-c3ccc([N+](=O)[O-])cc3)o2)C=C1c1ccccc1. The Hall–Kier alpha value is -4.46. The molecule has 1 aliphatic heterocycles. The molecule has 0 bridgehead atoms. The van der Waals surface area contributed by atoms with Crippen LogP contribution in [0.4, 0.5) is 5.69 Å². The van der Waals surface area contributed by atoms with E-state index in [2.05, 4.69) is 0 Å². The number of non-ortho nitro benzene ring substituents is 1. The number of carbonyl (C=O) groups excluding carboxylic acids is 1. The fraction of sp³-hybridized carbons (Fsp3) is 0.0833. The number of carboxylic acids is 1. The zero-order valence-corrected chi connectivity index (χ0v) is 16.8. The molecule has 32 heavy (non-hydrogen) atoms. The van der Waals surface area contributed by atoms with Crippen LogP contribution in [0.15, 0.2) is 82.8 Å². The molecule has 1 aromatic heterocycles. The highest BCUT2D eigenvalue weighted by Gasteiger charge is 2.29. The normalized spacial score (nSPS) is 14.6. The van der Waals surface area contributed by atoms with Crippen LogP contribution in [-0.2, 0) is 9.59 Å². The number of hydrogen-bond donors (Lipinski definition) is 1. The first kappa shape index (κ1) is 20.8. The molecule has 0 saturated heterocycles. The van der Waals surface area contributed by atoms with E-state index < -0.39 is 10.9 Å². The summed E-state index contributed by atoms with van der Waals surface area (Å²) < 4.78 is 5.81. The van der Waals surface area contributed by atoms with E-state index in [1.54, 1.807) is 36.4 Å². The third kappa shape index (κ3) is 4.34. The number of nitrogens with zero attached hydrogens (tertiary/aromatic N) is 2. The van der Waals surface area contributed by atoms with E-state index in [9.17, 15) is 19.7 Å². The summed E-state index contributed by atoms with van der Waals surface area (Å²) in [7, 11) is 0. The van der Waals surface area contributed by atoms with Gasteiger partial charge in [0.15, 0.2) is 0 Å². The van der Waals surface area contributed by atoms with Crippen molar-refractivity contribution in [3.63, 3.8) is 0 Å². The van der Waals surface area contributed by atoms with Gasteiger partial charge in [-0.05, 0) is 42.0 Å². The van der Waals surface area contributed by atoms with Crippen LogP contribution in [0.1, 0.15) is 17.7 Å². The minimum absolute atomic E-state index is 0.0146. The predicted molar refractivity (Wildman–Crippen MR) is 117 cm³/mol. The maximum absolute atomic E-state index is 13.0. The van der Waals surface area contributed by atoms with E-state index in [-0.39, 0.29) is 24.6 Å². The van der Waals surface area contributed by atoms with Gasteiger partial charge in [-0.1, -0.05) is 30.3 Å². The second kappa shape index (κ2) is 8.73. The summed E-state index contributed by atoms with van der Waals surface area (Å²) in [6, 6.07) is 18.7. The fourth-order valence-corrected chi connectivity index (χ4v) is 3.42. The molecule has 3 aromatic rings. The summed E-state index contributed by atoms with van der Waals surface area (Å²) in [5.74, 6) is -0.350. The summed E-state index contributed by atoms with van der Waals surface area (Å²) in [6.45, 7) is 0.0540. The number of aliphatic carboxylic acids is 1. The van der Waals surface area contributed by atoms with Gasteiger partial charge in [0.05, 0.1) is 17.0 Å². The molecule has 0 aliphatic carbocycles. The molecule has 1 aliphatic rings. The number of hydrogen-bond acceptors (Lipinski definition) is 5. The summed E-state index contributed by atoms with van der Waals surface area (Å²) in [4.78, 5) is 35.8. The maximum atomic E-state index is 13.0. The topological polar surface area (TPSA) is 114 Å². The van der Waals surface area contributed by atoms with Gasteiger partial charge in [-0.25, -0.2) is 0 Å². The minimum Gasteiger partial charge on any atom is -0.481 e. The molecule has 0 spiro atoms. The Morgan fingerprint density at radius 3 is 2.41 bits per heavy atom. The van der Waals surface area contributed by atoms with Gasteiger partial charge in [-0.2, -0.15) is 0 Å². The summed E-state index contributed by atoms with van der Waals surface area (Å²) in [5.41, 5.74) is 2.46. The van der Waals surface area contributed by atoms with Gasteiger partial charge in [0.2, 0.25) is 0 Å². The van der Waals surface area contributed by atoms with Crippen LogP contribution < -0.4 is 0 Å². The van der Waals surface area contributed by atoms with Crippen LogP contribution in [0, 0.1) is 10.1 Å². The standard InChI is InChI=1S/C24H18N2O6/c27-23(28)12-13-25-21(16-4-2-1-3-5-16)15-18(24(25)29)14-20-10-11-22(32-20)17-6-8-19(9-7-17)26(30)31/h1-11,14-15H,12-13H2,(H,27,28). The Bertz CT molecular complexity index is 1240. The second-order valence-electron chi connectivity index (χ2n) is 7.10. The van der Waals surface area contributed by atoms with Crippen molar-refractivity contribution in [2.45, 2.75) is 6.42 Å². The highest BCUT2D eigenvalue weighted by atomic mass is 16.6. The van der Waals surface area contributed by atoms with E-state index in [4.69, 9.17) is 9.52 Å². The third-order valence-corrected chi connectivity index (χ3v) is 4.98. The maximum Gasteiger partial charge on any atom is 0.305 e. The molecule has 0 fully saturated rings. The molecule has 0 unspecified atom stereocenters. The van der Waals surface area contributed by atoms with Gasteiger partial charge in [0.1, 0.15) is 11.5 Å². The van der Waals surface area contributed by atoms with E-state index in [1.165, 1.54) is 17.0 Å². The first-order chi connectivity index (χ1) is 15.4. The molecule has 0 radical (unpaired) electrons. The van der Waals surface area contributed by atoms with Crippen molar-refractivity contribution in [2.75, 3.05) is 6.54 Å². The van der Waals surface area contributed by atoms with Crippen molar-refractivity contribution in [1.82, 2.24) is 4.90 Å². The van der Waals surface area contributed by atoms with Crippen molar-refractivity contribution >= 4 is 29.3 Å². The van der Waals surface area contributed by atoms with Gasteiger partial charge >= 0.3 is 5.97 Å². The first-order valence-electron chi connectivity index (χ1n) is 9.79. The van der Waals surface area contributed by atoms with E-state index >= 15 is 0 Å². The molecule has 8 heteroatoms. The second-order valence-corrected chi connectivity index (χ2v) is 7.10. The molecule has 0 saturated carbocycles. The lowest BCUT2D eigenvalue weighted by molar-refractivity contribution is -0.384. The van der Waals surface area contributed by atoms with Gasteiger partial charge < -0.3 is 14.4 Å². The van der Waals surface area contributed by atoms with Crippen LogP contribution in [0.5, 0.6) is 0 Å². The van der Waals surface area contributed by atoms with Gasteiger partial charge in [-0.3, -0.25) is 19.7 Å². The first-order valence-corrected chi connectivity index (χ1v) is 9.79. The highest BCUT2D eigenvalue weighted by molar-refractivity contribution is 6.10. The molecule has 2 aromatic carbocycles. The molecule has 2 heterocycles. The number of benzene rings is 2. The monoisotopic (exact) mass is 430 g/mol. The number of carboxylic acid groups (broad SMARTS) is 1. The summed E-state index contributed by atoms with van der Waals surface area (Å²) >= 11 is 0. The Morgan fingerprint density at radius 2 is 1.75 bits per heavy atom. The lowest BCUT2D eigenvalue weighted by atomic mass is 10.1. The molecule has 160 valence electrons. The lowest BCUT2D eigenvalue weighted by Crippen LogP contribution is -2.28. The zero-order valence-electron chi connectivity index (χ0n) is 16.8. The van der Waals surface area contributed by atoms with Gasteiger partial charge in [0, 0.05) is 29.8 Å². The van der Waals surface area contributed by atoms with Crippen molar-refractivity contribution in [3.8, 4) is 11.3 Å². The number of rotatable bonds is 7. The Labute approximate surface area is 182 Å². The fourth-order valence-electron chi connectivity index (χ4n) is 3.42. The van der Waals surface area contributed by atoms with Crippen molar-refractivity contribution in [1.29, 1.82) is 0 Å². The summed E-state index contributed by atoms with van der Waals surface area (Å²) in [6.07, 6.45) is 3.14. The van der Waals surface area contributed by atoms with Crippen LogP contribution in [-0.4, -0.2) is 33.4 Å². The van der Waals surface area contributed by atoms with Crippen LogP contribution in [0.2, 0.25) is 0 Å². The number of carbonyl (C=O) groups is 2. The third-order valence-electron chi connectivity index (χ3n) is 4.98. The molecule has 1 amide bonds. The van der Waals surface area contributed by atoms with Crippen molar-refractivity contribution in [2.24, 2.45) is 0 Å². The predicted octanol–water partition coefficient (Wildman–Crippen LogP) is 4.60. The zero-order chi connectivity index (χ0) is 22.7. The van der Waals surface area contributed by atoms with Crippen molar-refractivity contribution in [3.05, 3.63) is 99.8 Å². The molecular formula is C24H18N2O6. The van der Waals surface area contributed by atoms with E-state index in [0.29, 0.717) is 28.4 Å². The average molecular weight is 430 g/mol. The van der Waals surface area contributed by atoms with Crippen molar-refractivity contribution < 1.29 is 24.0 Å². The van der Waals surface area contributed by atoms with Crippen LogP contribution >= 0.6 is 0 Å². The quantitative estimate of drug-likeness (QED) is 0.333. The minimum atomic E-state index is -0.985. The smallest absolute Gasteiger partial charge is 0.305 e. The van der Waals surface area contributed by atoms with Gasteiger partial charge in [0.25, 0.3) is 11.6 Å². The molecule has 0 atom stereocenters. The Kier molecular flexibility index (Phi) is 5.67. The molecule has 1 N–H and O–H groups in total. The Balaban J connectivity index is 1.63. The van der Waals surface area contributed by atoms with E-state index in [1.807, 2.05) is 30.3 Å².